The van der Waals surface area contributed by atoms with Gasteiger partial charge < -0.3 is 9.84 Å². The van der Waals surface area contributed by atoms with E-state index in [4.69, 9.17) is 16.3 Å². The zero-order valence-electron chi connectivity index (χ0n) is 17.3. The zero-order chi connectivity index (χ0) is 21.4. The molecule has 1 N–H and O–H groups in total. The predicted octanol–water partition coefficient (Wildman–Crippen LogP) is 6.13. The quantitative estimate of drug-likeness (QED) is 0.641. The van der Waals surface area contributed by atoms with Crippen LogP contribution in [0.2, 0.25) is 5.02 Å². The van der Waals surface area contributed by atoms with Crippen molar-refractivity contribution in [2.75, 3.05) is 0 Å². The summed E-state index contributed by atoms with van der Waals surface area (Å²) >= 11 is 5.90. The maximum atomic E-state index is 14.6. The molecule has 5 rings (SSSR count). The minimum atomic E-state index is -0.543. The third kappa shape index (κ3) is 2.56. The molecule has 2 saturated heterocycles. The number of benzene rings is 2. The normalized spacial score (nSPS) is 32.2. The molecule has 0 aromatic heterocycles. The maximum absolute atomic E-state index is 14.6. The van der Waals surface area contributed by atoms with E-state index in [2.05, 4.69) is 0 Å². The number of ketones is 1. The van der Waals surface area contributed by atoms with Gasteiger partial charge in [-0.15, -0.1) is 0 Å². The van der Waals surface area contributed by atoms with Crippen molar-refractivity contribution in [1.29, 1.82) is 0 Å². The van der Waals surface area contributed by atoms with E-state index >= 15 is 0 Å². The summed E-state index contributed by atoms with van der Waals surface area (Å²) < 4.78 is 20.8. The van der Waals surface area contributed by atoms with E-state index in [9.17, 15) is 14.3 Å². The van der Waals surface area contributed by atoms with Gasteiger partial charge in [-0.2, -0.15) is 0 Å². The van der Waals surface area contributed by atoms with Gasteiger partial charge in [-0.3, -0.25) is 4.79 Å². The Morgan fingerprint density at radius 1 is 1.10 bits per heavy atom. The van der Waals surface area contributed by atoms with E-state index in [1.54, 1.807) is 12.1 Å². The summed E-state index contributed by atoms with van der Waals surface area (Å²) in [6, 6.07) is 10.1. The minimum Gasteiger partial charge on any atom is -0.511 e. The number of carbonyl (C=O) groups is 1. The first-order chi connectivity index (χ1) is 14.2. The third-order valence-corrected chi connectivity index (χ3v) is 7.55. The van der Waals surface area contributed by atoms with Gasteiger partial charge in [-0.05, 0) is 74.1 Å². The second kappa shape index (κ2) is 6.41. The average molecular weight is 427 g/mol. The molecule has 0 radical (unpaired) electrons. The lowest BCUT2D eigenvalue weighted by molar-refractivity contribution is -0.121. The maximum Gasteiger partial charge on any atom is 0.173 e. The number of rotatable bonds is 3. The van der Waals surface area contributed by atoms with Crippen molar-refractivity contribution < 1.29 is 19.0 Å². The van der Waals surface area contributed by atoms with Crippen molar-refractivity contribution in [3.63, 3.8) is 0 Å². The SMILES string of the molecule is CCc1ccc(-c2ccc(Cl)cc2F)cc1C1=C(O)[C@H]2[C@@H](C1=O)[C@]1(C)CC[C@@]2(C)O1. The fraction of sp³-hybridized carbons (Fsp3) is 0.400. The second-order valence-electron chi connectivity index (χ2n) is 9.16. The molecule has 2 bridgehead atoms. The number of aliphatic hydroxyl groups excluding tert-OH is 1. The van der Waals surface area contributed by atoms with Crippen molar-refractivity contribution in [3.8, 4) is 11.1 Å². The monoisotopic (exact) mass is 426 g/mol. The molecule has 30 heavy (non-hydrogen) atoms. The highest BCUT2D eigenvalue weighted by atomic mass is 35.5. The lowest BCUT2D eigenvalue weighted by atomic mass is 9.68. The Bertz CT molecular complexity index is 1120. The Kier molecular flexibility index (Phi) is 4.23. The molecule has 0 spiro atoms. The molecule has 4 atom stereocenters. The average Bonchev–Trinajstić information content (AvgIpc) is 3.25. The highest BCUT2D eigenvalue weighted by molar-refractivity contribution is 6.30. The van der Waals surface area contributed by atoms with Crippen LogP contribution in [-0.4, -0.2) is 22.1 Å². The molecule has 2 heterocycles. The van der Waals surface area contributed by atoms with Crippen LogP contribution in [0.1, 0.15) is 44.7 Å². The first kappa shape index (κ1) is 19.8. The Morgan fingerprint density at radius 3 is 2.43 bits per heavy atom. The van der Waals surface area contributed by atoms with Crippen LogP contribution in [0.3, 0.4) is 0 Å². The molecule has 2 aromatic carbocycles. The van der Waals surface area contributed by atoms with Crippen LogP contribution < -0.4 is 0 Å². The second-order valence-corrected chi connectivity index (χ2v) is 9.59. The van der Waals surface area contributed by atoms with Crippen LogP contribution in [0, 0.1) is 17.7 Å². The number of aliphatic hydroxyl groups is 1. The topological polar surface area (TPSA) is 46.5 Å². The van der Waals surface area contributed by atoms with Crippen molar-refractivity contribution in [3.05, 3.63) is 64.1 Å². The first-order valence-corrected chi connectivity index (χ1v) is 10.8. The Morgan fingerprint density at radius 2 is 1.80 bits per heavy atom. The molecule has 1 aliphatic carbocycles. The number of hydrogen-bond donors (Lipinski definition) is 1. The molecular weight excluding hydrogens is 403 g/mol. The van der Waals surface area contributed by atoms with E-state index in [0.29, 0.717) is 33.7 Å². The number of halogens is 2. The van der Waals surface area contributed by atoms with Gasteiger partial charge >= 0.3 is 0 Å². The Balaban J connectivity index is 1.67. The van der Waals surface area contributed by atoms with Crippen LogP contribution in [0.15, 0.2) is 42.2 Å². The molecule has 3 aliphatic rings. The van der Waals surface area contributed by atoms with Gasteiger partial charge in [0.15, 0.2) is 5.78 Å². The molecule has 5 heteroatoms. The van der Waals surface area contributed by atoms with Gasteiger partial charge in [0.25, 0.3) is 0 Å². The lowest BCUT2D eigenvalue weighted by Crippen LogP contribution is -2.39. The number of hydrogen-bond acceptors (Lipinski definition) is 3. The number of Topliss-reactive ketones (excluding diaryl/α,β-unsaturated/α-hetero) is 1. The van der Waals surface area contributed by atoms with Gasteiger partial charge in [0.1, 0.15) is 11.6 Å². The summed E-state index contributed by atoms with van der Waals surface area (Å²) in [7, 11) is 0. The predicted molar refractivity (Wildman–Crippen MR) is 115 cm³/mol. The summed E-state index contributed by atoms with van der Waals surface area (Å²) in [6.45, 7) is 5.99. The third-order valence-electron chi connectivity index (χ3n) is 7.32. The largest absolute Gasteiger partial charge is 0.511 e. The fourth-order valence-corrected chi connectivity index (χ4v) is 6.03. The zero-order valence-corrected chi connectivity index (χ0v) is 18.0. The molecule has 0 saturated carbocycles. The summed E-state index contributed by atoms with van der Waals surface area (Å²) in [5.74, 6) is -1.05. The van der Waals surface area contributed by atoms with E-state index in [1.165, 1.54) is 6.07 Å². The number of ether oxygens (including phenoxy) is 1. The van der Waals surface area contributed by atoms with E-state index in [-0.39, 0.29) is 23.4 Å². The fourth-order valence-electron chi connectivity index (χ4n) is 5.87. The number of fused-ring (bicyclic) bond motifs is 5. The smallest absolute Gasteiger partial charge is 0.173 e. The van der Waals surface area contributed by atoms with Gasteiger partial charge in [0, 0.05) is 10.6 Å². The number of aryl methyl sites for hydroxylation is 1. The van der Waals surface area contributed by atoms with Crippen LogP contribution in [0.25, 0.3) is 16.7 Å². The van der Waals surface area contributed by atoms with Crippen LogP contribution in [0.4, 0.5) is 4.39 Å². The van der Waals surface area contributed by atoms with Gasteiger partial charge in [0.2, 0.25) is 0 Å². The van der Waals surface area contributed by atoms with Crippen LogP contribution in [0.5, 0.6) is 0 Å². The summed E-state index contributed by atoms with van der Waals surface area (Å²) in [6.07, 6.45) is 2.34. The highest BCUT2D eigenvalue weighted by Crippen LogP contribution is 2.63. The highest BCUT2D eigenvalue weighted by Gasteiger charge is 2.69. The minimum absolute atomic E-state index is 0.0631. The molecular formula is C25H24ClFO3. The van der Waals surface area contributed by atoms with Crippen molar-refractivity contribution in [1.82, 2.24) is 0 Å². The van der Waals surface area contributed by atoms with E-state index in [1.807, 2.05) is 39.0 Å². The molecule has 2 fully saturated rings. The number of allylic oxidation sites excluding steroid dienone is 1. The summed E-state index contributed by atoms with van der Waals surface area (Å²) in [5, 5.41) is 11.6. The molecule has 0 unspecified atom stereocenters. The van der Waals surface area contributed by atoms with Crippen LogP contribution in [-0.2, 0) is 16.0 Å². The van der Waals surface area contributed by atoms with Crippen molar-refractivity contribution in [2.45, 2.75) is 51.2 Å². The molecule has 2 aliphatic heterocycles. The van der Waals surface area contributed by atoms with Crippen LogP contribution >= 0.6 is 11.6 Å². The lowest BCUT2D eigenvalue weighted by Gasteiger charge is -2.30. The summed E-state index contributed by atoms with van der Waals surface area (Å²) in [4.78, 5) is 13.6. The molecule has 156 valence electrons. The van der Waals surface area contributed by atoms with E-state index < -0.39 is 17.0 Å². The number of carbonyl (C=O) groups excluding carboxylic acids is 1. The molecule has 3 nitrogen and oxygen atoms in total. The van der Waals surface area contributed by atoms with Gasteiger partial charge in [0.05, 0.1) is 28.6 Å². The van der Waals surface area contributed by atoms with Gasteiger partial charge in [-0.25, -0.2) is 4.39 Å². The van der Waals surface area contributed by atoms with Gasteiger partial charge in [-0.1, -0.05) is 30.7 Å². The summed E-state index contributed by atoms with van der Waals surface area (Å²) in [5.41, 5.74) is 2.01. The van der Waals surface area contributed by atoms with Crippen molar-refractivity contribution in [2.24, 2.45) is 11.8 Å². The molecule has 2 aromatic rings. The molecule has 0 amide bonds. The first-order valence-electron chi connectivity index (χ1n) is 10.4. The van der Waals surface area contributed by atoms with E-state index in [0.717, 1.165) is 18.4 Å². The van der Waals surface area contributed by atoms with Crippen molar-refractivity contribution >= 4 is 23.0 Å². The standard InChI is InChI=1S/C25H24ClFO3/c1-4-13-5-6-14(16-8-7-15(26)12-18(16)27)11-17(13)19-22(28)20-21(23(19)29)25(3)10-9-24(20,2)30-25/h5-8,11-12,20-21,28H,4,9-10H2,1-3H3/t20-,21+,24-,25+/m1/s1. The Labute approximate surface area is 180 Å². The Hall–Kier alpha value is -2.17.